The molecule has 0 radical (unpaired) electrons. The van der Waals surface area contributed by atoms with Crippen molar-refractivity contribution in [1.29, 1.82) is 0 Å². The second kappa shape index (κ2) is 2.46. The molecule has 3 nitrogen and oxygen atoms in total. The molecule has 2 atom stereocenters. The molecule has 0 aromatic rings. The first-order valence-electron chi connectivity index (χ1n) is 4.42. The molecule has 2 saturated carbocycles. The average Bonchev–Trinajstić information content (AvgIpc) is 2.82. The van der Waals surface area contributed by atoms with Gasteiger partial charge in [0, 0.05) is 12.5 Å². The summed E-state index contributed by atoms with van der Waals surface area (Å²) in [6.45, 7) is 0.634. The smallest absolute Gasteiger partial charge is 0.307 e. The molecule has 0 saturated heterocycles. The van der Waals surface area contributed by atoms with Gasteiger partial charge >= 0.3 is 5.97 Å². The number of carboxylic acid groups (broad SMARTS) is 1. The summed E-state index contributed by atoms with van der Waals surface area (Å²) in [5, 5.41) is 8.84. The number of rotatable bonds is 4. The SMILES string of the molecule is COCC1(C2CC2)CC1C(=O)O. The van der Waals surface area contributed by atoms with E-state index in [-0.39, 0.29) is 11.3 Å². The molecule has 0 heterocycles. The minimum atomic E-state index is -0.640. The van der Waals surface area contributed by atoms with Crippen molar-refractivity contribution in [3.8, 4) is 0 Å². The number of carboxylic acids is 1. The molecule has 2 rings (SSSR count). The van der Waals surface area contributed by atoms with Gasteiger partial charge in [0.15, 0.2) is 0 Å². The lowest BCUT2D eigenvalue weighted by Crippen LogP contribution is -2.18. The van der Waals surface area contributed by atoms with Gasteiger partial charge in [-0.05, 0) is 25.2 Å². The summed E-state index contributed by atoms with van der Waals surface area (Å²) in [5.41, 5.74) is 0.0284. The van der Waals surface area contributed by atoms with E-state index in [0.717, 1.165) is 6.42 Å². The van der Waals surface area contributed by atoms with Crippen molar-refractivity contribution in [3.63, 3.8) is 0 Å². The van der Waals surface area contributed by atoms with Crippen molar-refractivity contribution < 1.29 is 14.6 Å². The second-order valence-corrected chi connectivity index (χ2v) is 4.04. The van der Waals surface area contributed by atoms with Crippen molar-refractivity contribution in [1.82, 2.24) is 0 Å². The molecule has 0 spiro atoms. The van der Waals surface area contributed by atoms with Gasteiger partial charge in [-0.2, -0.15) is 0 Å². The third-order valence-corrected chi connectivity index (χ3v) is 3.22. The first-order chi connectivity index (χ1) is 5.70. The normalized spacial score (nSPS) is 39.6. The van der Waals surface area contributed by atoms with Crippen LogP contribution in [0, 0.1) is 17.3 Å². The van der Waals surface area contributed by atoms with Crippen LogP contribution in [0.1, 0.15) is 19.3 Å². The fourth-order valence-corrected chi connectivity index (χ4v) is 2.31. The van der Waals surface area contributed by atoms with Crippen LogP contribution in [0.3, 0.4) is 0 Å². The van der Waals surface area contributed by atoms with E-state index in [9.17, 15) is 4.79 Å². The largest absolute Gasteiger partial charge is 0.481 e. The van der Waals surface area contributed by atoms with Gasteiger partial charge in [-0.25, -0.2) is 0 Å². The van der Waals surface area contributed by atoms with E-state index >= 15 is 0 Å². The summed E-state index contributed by atoms with van der Waals surface area (Å²) >= 11 is 0. The maximum Gasteiger partial charge on any atom is 0.307 e. The van der Waals surface area contributed by atoms with Gasteiger partial charge in [-0.15, -0.1) is 0 Å². The number of carbonyl (C=O) groups is 1. The first kappa shape index (κ1) is 8.05. The average molecular weight is 170 g/mol. The van der Waals surface area contributed by atoms with Gasteiger partial charge in [0.2, 0.25) is 0 Å². The summed E-state index contributed by atoms with van der Waals surface area (Å²) in [4.78, 5) is 10.7. The van der Waals surface area contributed by atoms with E-state index in [4.69, 9.17) is 9.84 Å². The van der Waals surface area contributed by atoms with Crippen molar-refractivity contribution in [2.75, 3.05) is 13.7 Å². The molecule has 12 heavy (non-hydrogen) atoms. The van der Waals surface area contributed by atoms with E-state index in [1.165, 1.54) is 12.8 Å². The quantitative estimate of drug-likeness (QED) is 0.688. The lowest BCUT2D eigenvalue weighted by Gasteiger charge is -2.13. The molecule has 2 unspecified atom stereocenters. The molecule has 0 aromatic carbocycles. The predicted octanol–water partition coefficient (Wildman–Crippen LogP) is 1.13. The van der Waals surface area contributed by atoms with E-state index < -0.39 is 5.97 Å². The van der Waals surface area contributed by atoms with Crippen LogP contribution < -0.4 is 0 Å². The van der Waals surface area contributed by atoms with Gasteiger partial charge in [0.25, 0.3) is 0 Å². The van der Waals surface area contributed by atoms with Crippen LogP contribution >= 0.6 is 0 Å². The van der Waals surface area contributed by atoms with Gasteiger partial charge < -0.3 is 9.84 Å². The molecule has 1 N–H and O–H groups in total. The highest BCUT2D eigenvalue weighted by molar-refractivity contribution is 5.75. The molecule has 2 aliphatic carbocycles. The zero-order valence-electron chi connectivity index (χ0n) is 7.25. The summed E-state index contributed by atoms with van der Waals surface area (Å²) in [6.07, 6.45) is 3.24. The van der Waals surface area contributed by atoms with Gasteiger partial charge in [0.1, 0.15) is 0 Å². The number of hydrogen-bond donors (Lipinski definition) is 1. The third kappa shape index (κ3) is 1.04. The molecule has 68 valence electrons. The zero-order chi connectivity index (χ0) is 8.77. The second-order valence-electron chi connectivity index (χ2n) is 4.04. The lowest BCUT2D eigenvalue weighted by molar-refractivity contribution is -0.140. The van der Waals surface area contributed by atoms with E-state index in [2.05, 4.69) is 0 Å². The van der Waals surface area contributed by atoms with Crippen LogP contribution in [-0.2, 0) is 9.53 Å². The van der Waals surface area contributed by atoms with Crippen LogP contribution in [-0.4, -0.2) is 24.8 Å². The fraction of sp³-hybridized carbons (Fsp3) is 0.889. The maximum atomic E-state index is 10.7. The Balaban J connectivity index is 2.01. The Morgan fingerprint density at radius 2 is 2.33 bits per heavy atom. The Kier molecular flexibility index (Phi) is 1.65. The van der Waals surface area contributed by atoms with Crippen molar-refractivity contribution in [2.45, 2.75) is 19.3 Å². The van der Waals surface area contributed by atoms with Crippen LogP contribution in [0.5, 0.6) is 0 Å². The topological polar surface area (TPSA) is 46.5 Å². The van der Waals surface area contributed by atoms with E-state index in [1.807, 2.05) is 0 Å². The first-order valence-corrected chi connectivity index (χ1v) is 4.42. The molecule has 0 bridgehead atoms. The Labute approximate surface area is 71.7 Å². The Hall–Kier alpha value is -0.570. The van der Waals surface area contributed by atoms with Gasteiger partial charge in [-0.3, -0.25) is 4.79 Å². The van der Waals surface area contributed by atoms with Crippen LogP contribution in [0.2, 0.25) is 0 Å². The van der Waals surface area contributed by atoms with E-state index in [0.29, 0.717) is 12.5 Å². The summed E-state index contributed by atoms with van der Waals surface area (Å²) in [6, 6.07) is 0. The van der Waals surface area contributed by atoms with Crippen molar-refractivity contribution in [3.05, 3.63) is 0 Å². The Bertz CT molecular complexity index is 210. The number of methoxy groups -OCH3 is 1. The summed E-state index contributed by atoms with van der Waals surface area (Å²) in [7, 11) is 1.65. The minimum Gasteiger partial charge on any atom is -0.481 e. The highest BCUT2D eigenvalue weighted by Crippen LogP contribution is 2.65. The molecule has 0 aromatic heterocycles. The highest BCUT2D eigenvalue weighted by atomic mass is 16.5. The number of ether oxygens (including phenoxy) is 1. The number of hydrogen-bond acceptors (Lipinski definition) is 2. The molecule has 0 aliphatic heterocycles. The van der Waals surface area contributed by atoms with Crippen molar-refractivity contribution in [2.24, 2.45) is 17.3 Å². The monoisotopic (exact) mass is 170 g/mol. The summed E-state index contributed by atoms with van der Waals surface area (Å²) in [5.74, 6) is -0.123. The minimum absolute atomic E-state index is 0.0284. The van der Waals surface area contributed by atoms with Crippen LogP contribution in [0.25, 0.3) is 0 Å². The maximum absolute atomic E-state index is 10.7. The Morgan fingerprint density at radius 1 is 1.67 bits per heavy atom. The molecule has 2 fully saturated rings. The predicted molar refractivity (Wildman–Crippen MR) is 42.8 cm³/mol. The van der Waals surface area contributed by atoms with Gasteiger partial charge in [0.05, 0.1) is 12.5 Å². The Morgan fingerprint density at radius 3 is 2.67 bits per heavy atom. The van der Waals surface area contributed by atoms with Crippen LogP contribution in [0.15, 0.2) is 0 Å². The highest BCUT2D eigenvalue weighted by Gasteiger charge is 2.65. The molecular weight excluding hydrogens is 156 g/mol. The van der Waals surface area contributed by atoms with Crippen molar-refractivity contribution >= 4 is 5.97 Å². The molecular formula is C9H14O3. The summed E-state index contributed by atoms with van der Waals surface area (Å²) < 4.78 is 5.09. The van der Waals surface area contributed by atoms with Crippen LogP contribution in [0.4, 0.5) is 0 Å². The third-order valence-electron chi connectivity index (χ3n) is 3.22. The lowest BCUT2D eigenvalue weighted by atomic mass is 9.98. The fourth-order valence-electron chi connectivity index (χ4n) is 2.31. The molecule has 0 amide bonds. The standard InChI is InChI=1S/C9H14O3/c1-12-5-9(6-2-3-6)4-7(9)8(10)11/h6-7H,2-5H2,1H3,(H,10,11). The van der Waals surface area contributed by atoms with Gasteiger partial charge in [-0.1, -0.05) is 0 Å². The molecule has 3 heteroatoms. The number of aliphatic carboxylic acids is 1. The van der Waals surface area contributed by atoms with E-state index in [1.54, 1.807) is 7.11 Å². The molecule has 2 aliphatic rings. The zero-order valence-corrected chi connectivity index (χ0v) is 7.25.